The summed E-state index contributed by atoms with van der Waals surface area (Å²) in [6.07, 6.45) is 1.79. The number of imidazole rings is 1. The number of hydrogen-bond acceptors (Lipinski definition) is 4. The third-order valence-electron chi connectivity index (χ3n) is 11.9. The van der Waals surface area contributed by atoms with E-state index in [1.54, 1.807) is 6.20 Å². The van der Waals surface area contributed by atoms with Crippen LogP contribution in [0.2, 0.25) is 17.3 Å². The van der Waals surface area contributed by atoms with Gasteiger partial charge < -0.3 is 14.0 Å². The normalized spacial score (nSPS) is 11.4. The van der Waals surface area contributed by atoms with Crippen molar-refractivity contribution >= 4 is 50.6 Å². The Kier molecular flexibility index (Phi) is 13.2. The van der Waals surface area contributed by atoms with Gasteiger partial charge in [0.2, 0.25) is 0 Å². The van der Waals surface area contributed by atoms with Crippen molar-refractivity contribution in [2.24, 2.45) is 0 Å². The third-order valence-corrected chi connectivity index (χ3v) is 16.3. The minimum atomic E-state index is -1.86. The van der Waals surface area contributed by atoms with Gasteiger partial charge in [-0.25, -0.2) is 0 Å². The van der Waals surface area contributed by atoms with Gasteiger partial charge in [0.15, 0.2) is 0 Å². The molecule has 3 heterocycles. The first kappa shape index (κ1) is 45.2. The van der Waals surface area contributed by atoms with E-state index in [4.69, 9.17) is 9.40 Å². The predicted octanol–water partition coefficient (Wildman–Crippen LogP) is 14.9. The second-order valence-electron chi connectivity index (χ2n) is 18.0. The van der Waals surface area contributed by atoms with Crippen LogP contribution in [0.15, 0.2) is 168 Å². The zero-order valence-corrected chi connectivity index (χ0v) is 42.3. The number of rotatable bonds is 8. The van der Waals surface area contributed by atoms with E-state index in [0.717, 1.165) is 50.1 Å². The second kappa shape index (κ2) is 19.0. The quantitative estimate of drug-likeness (QED) is 0.112. The van der Waals surface area contributed by atoms with Gasteiger partial charge in [-0.3, -0.25) is 4.98 Å². The molecular weight excluding hydrogens is 1030 g/mol. The molecule has 3 aromatic heterocycles. The smallest absolute Gasteiger partial charge is 0.500 e. The first-order valence-corrected chi connectivity index (χ1v) is 29.4. The van der Waals surface area contributed by atoms with E-state index in [1.165, 1.54) is 37.8 Å². The number of hydrogen-bond donors (Lipinski definition) is 0. The van der Waals surface area contributed by atoms with E-state index in [9.17, 15) is 5.26 Å². The number of para-hydroxylation sites is 2. The predicted molar refractivity (Wildman–Crippen MR) is 268 cm³/mol. The maximum absolute atomic E-state index is 9.56. The molecule has 7 aromatic carbocycles. The molecule has 1 radical (unpaired) electrons. The van der Waals surface area contributed by atoms with Gasteiger partial charge >= 0.3 is 146 Å². The molecule has 10 rings (SSSR count). The van der Waals surface area contributed by atoms with Crippen LogP contribution in [0.1, 0.15) is 56.2 Å². The molecule has 0 unspecified atom stereocenters. The van der Waals surface area contributed by atoms with E-state index >= 15 is 0 Å². The van der Waals surface area contributed by atoms with Crippen molar-refractivity contribution in [3.8, 4) is 56.7 Å². The number of nitrogens with zero attached hydrogens (tertiary/aromatic N) is 4. The summed E-state index contributed by atoms with van der Waals surface area (Å²) >= 11 is -1.86. The van der Waals surface area contributed by atoms with Crippen molar-refractivity contribution in [2.75, 3.05) is 0 Å². The molecule has 0 saturated heterocycles. The van der Waals surface area contributed by atoms with Gasteiger partial charge in [0.25, 0.3) is 0 Å². The third kappa shape index (κ3) is 9.15. The number of nitriles is 1. The summed E-state index contributed by atoms with van der Waals surface area (Å²) in [5.41, 5.74) is 15.3. The zero-order valence-electron chi connectivity index (χ0n) is 37.8. The van der Waals surface area contributed by atoms with Gasteiger partial charge in [-0.05, 0) is 36.0 Å². The monoisotopic (exact) mass is 1090 g/mol. The Morgan fingerprint density at radius 3 is 1.91 bits per heavy atom. The Labute approximate surface area is 398 Å². The number of furan rings is 1. The molecule has 323 valence electrons. The van der Waals surface area contributed by atoms with Gasteiger partial charge in [0, 0.05) is 31.7 Å². The van der Waals surface area contributed by atoms with Crippen LogP contribution >= 0.6 is 0 Å². The van der Waals surface area contributed by atoms with Gasteiger partial charge in [-0.1, -0.05) is 69.0 Å². The fraction of sp³-hybridized carbons (Fsp3) is 0.155. The standard InChI is InChI=1S/C47H42GeN3O.C11H8N.Ir/c1-29(2)40-26-35(34-18-16-32(17-19-34)33-20-22-36(23-21-33)48(5,6)7)27-41(30(3)4)45(40)51-43-14-9-8-13-42(43)50-47(51)39-12-10-11-38-37-24-15-31(28-49)25-44(37)52-46(38)39;1-2-6-10(7-3-1)11-8-4-5-9-12-11;/h8-11,13-27,29-30H,1-7H3;1-6,8-9H;/q2*-1;. The van der Waals surface area contributed by atoms with Crippen molar-refractivity contribution in [2.45, 2.75) is 56.8 Å². The zero-order chi connectivity index (χ0) is 44.5. The molecule has 5 nitrogen and oxygen atoms in total. The fourth-order valence-corrected chi connectivity index (χ4v) is 10.9. The van der Waals surface area contributed by atoms with Crippen LogP contribution in [0.3, 0.4) is 0 Å². The summed E-state index contributed by atoms with van der Waals surface area (Å²) < 4.78 is 10.4. The van der Waals surface area contributed by atoms with Crippen LogP contribution in [0, 0.1) is 23.5 Å². The van der Waals surface area contributed by atoms with E-state index in [2.05, 4.69) is 152 Å². The van der Waals surface area contributed by atoms with Gasteiger partial charge in [-0.2, -0.15) is 5.26 Å². The molecule has 7 heteroatoms. The number of aromatic nitrogens is 3. The van der Waals surface area contributed by atoms with Crippen molar-refractivity contribution < 1.29 is 24.5 Å². The molecule has 65 heavy (non-hydrogen) atoms. The fourth-order valence-electron chi connectivity index (χ4n) is 8.47. The molecule has 0 amide bonds. The first-order valence-electron chi connectivity index (χ1n) is 22.0. The summed E-state index contributed by atoms with van der Waals surface area (Å²) in [6.45, 7) is 9.11. The molecule has 0 aliphatic heterocycles. The van der Waals surface area contributed by atoms with Crippen LogP contribution in [-0.4, -0.2) is 27.8 Å². The number of pyridine rings is 1. The number of fused-ring (bicyclic) bond motifs is 4. The summed E-state index contributed by atoms with van der Waals surface area (Å²) in [7, 11) is 0. The average Bonchev–Trinajstić information content (AvgIpc) is 3.90. The summed E-state index contributed by atoms with van der Waals surface area (Å²) in [6, 6.07) is 63.5. The Morgan fingerprint density at radius 1 is 0.646 bits per heavy atom. The van der Waals surface area contributed by atoms with E-state index in [1.807, 2.05) is 78.9 Å². The Balaban J connectivity index is 0.000000383. The molecule has 0 fully saturated rings. The molecule has 0 bridgehead atoms. The molecule has 0 N–H and O–H groups in total. The average molecular weight is 1080 g/mol. The molecule has 10 aromatic rings. The summed E-state index contributed by atoms with van der Waals surface area (Å²) in [5, 5.41) is 11.5. The molecule has 0 aliphatic rings. The summed E-state index contributed by atoms with van der Waals surface area (Å²) in [4.78, 5) is 9.49. The van der Waals surface area contributed by atoms with Gasteiger partial charge in [0.1, 0.15) is 5.58 Å². The topological polar surface area (TPSA) is 67.6 Å². The molecule has 0 aliphatic carbocycles. The molecule has 0 saturated carbocycles. The molecular formula is C58H50GeIrN4O-2. The Hall–Kier alpha value is -6.36. The molecule has 0 atom stereocenters. The van der Waals surface area contributed by atoms with E-state index in [0.29, 0.717) is 16.7 Å². The Bertz CT molecular complexity index is 3240. The van der Waals surface area contributed by atoms with Crippen molar-refractivity contribution in [1.29, 1.82) is 5.26 Å². The first-order chi connectivity index (χ1) is 31.0. The molecule has 0 spiro atoms. The van der Waals surface area contributed by atoms with Crippen LogP contribution in [0.25, 0.3) is 83.6 Å². The Morgan fingerprint density at radius 2 is 1.29 bits per heavy atom. The van der Waals surface area contributed by atoms with Crippen molar-refractivity contribution in [3.63, 3.8) is 0 Å². The van der Waals surface area contributed by atoms with Crippen molar-refractivity contribution in [1.82, 2.24) is 14.5 Å². The van der Waals surface area contributed by atoms with Crippen LogP contribution in [0.4, 0.5) is 0 Å². The van der Waals surface area contributed by atoms with Crippen molar-refractivity contribution in [3.05, 3.63) is 193 Å². The van der Waals surface area contributed by atoms with Crippen LogP contribution in [-0.2, 0) is 20.1 Å². The van der Waals surface area contributed by atoms with Crippen LogP contribution in [0.5, 0.6) is 0 Å². The van der Waals surface area contributed by atoms with Gasteiger partial charge in [-0.15, -0.1) is 54.1 Å². The second-order valence-corrected chi connectivity index (χ2v) is 28.6. The maximum atomic E-state index is 9.56. The minimum Gasteiger partial charge on any atom is -0.500 e. The van der Waals surface area contributed by atoms with Crippen LogP contribution < -0.4 is 4.40 Å². The number of benzene rings is 7. The van der Waals surface area contributed by atoms with E-state index in [-0.39, 0.29) is 31.9 Å². The minimum absolute atomic E-state index is 0. The van der Waals surface area contributed by atoms with E-state index < -0.39 is 13.3 Å². The van der Waals surface area contributed by atoms with Gasteiger partial charge in [0.05, 0.1) is 34.1 Å². The SMILES string of the molecule is CC(C)c1cc(-c2ccc(-c3cc[c]([Ge]([CH3])([CH3])[CH3])cc3)cc2)cc(C(C)C)c1-n1c(-c2[c-]ccc3c2oc2cc(C#N)ccc23)nc2ccccc21.[Ir].[c-]1ccccc1-c1ccccn1. The summed E-state index contributed by atoms with van der Waals surface area (Å²) in [5.74, 6) is 8.58.